The fourth-order valence-corrected chi connectivity index (χ4v) is 4.04. The molecule has 1 atom stereocenters. The zero-order valence-corrected chi connectivity index (χ0v) is 14.6. The first kappa shape index (κ1) is 16.1. The van der Waals surface area contributed by atoms with Crippen LogP contribution >= 0.6 is 11.3 Å². The summed E-state index contributed by atoms with van der Waals surface area (Å²) < 4.78 is 0. The number of rotatable bonds is 3. The molecule has 5 nitrogen and oxygen atoms in total. The van der Waals surface area contributed by atoms with E-state index in [0.29, 0.717) is 6.54 Å². The summed E-state index contributed by atoms with van der Waals surface area (Å²) in [6, 6.07) is 2.21. The second-order valence-corrected chi connectivity index (χ2v) is 6.98. The zero-order chi connectivity index (χ0) is 16.2. The molecule has 2 amide bonds. The summed E-state index contributed by atoms with van der Waals surface area (Å²) in [5, 5.41) is 14.6. The predicted molar refractivity (Wildman–Crippen MR) is 92.5 cm³/mol. The molecular weight excluding hydrogens is 308 g/mol. The first-order chi connectivity index (χ1) is 11.2. The molecule has 3 heterocycles. The highest BCUT2D eigenvalue weighted by Gasteiger charge is 2.29. The molecule has 1 aliphatic heterocycles. The minimum absolute atomic E-state index is 0.0306. The highest BCUT2D eigenvalue weighted by Crippen LogP contribution is 2.33. The van der Waals surface area contributed by atoms with E-state index in [1.165, 1.54) is 12.0 Å². The summed E-state index contributed by atoms with van der Waals surface area (Å²) in [6.45, 7) is 5.46. The lowest BCUT2D eigenvalue weighted by Crippen LogP contribution is -2.42. The molecule has 0 aliphatic carbocycles. The molecule has 2 N–H and O–H groups in total. The summed E-state index contributed by atoms with van der Waals surface area (Å²) in [6.07, 6.45) is 4.41. The third-order valence-electron chi connectivity index (χ3n) is 4.56. The molecule has 1 unspecified atom stereocenters. The van der Waals surface area contributed by atoms with Crippen molar-refractivity contribution in [1.29, 1.82) is 0 Å². The molecule has 1 fully saturated rings. The maximum atomic E-state index is 12.8. The van der Waals surface area contributed by atoms with Gasteiger partial charge in [-0.1, -0.05) is 12.8 Å². The number of carbonyl (C=O) groups is 1. The summed E-state index contributed by atoms with van der Waals surface area (Å²) in [5.41, 5.74) is 4.43. The van der Waals surface area contributed by atoms with E-state index in [1.807, 2.05) is 24.1 Å². The average Bonchev–Trinajstić information content (AvgIpc) is 3.09. The number of H-pyrrole nitrogens is 1. The third kappa shape index (κ3) is 3.58. The maximum Gasteiger partial charge on any atom is 0.318 e. The Kier molecular flexibility index (Phi) is 5.00. The monoisotopic (exact) mass is 332 g/mol. The van der Waals surface area contributed by atoms with Gasteiger partial charge < -0.3 is 10.2 Å². The summed E-state index contributed by atoms with van der Waals surface area (Å²) >= 11 is 1.66. The number of hydrogen-bond acceptors (Lipinski definition) is 3. The normalized spacial score (nSPS) is 18.7. The number of urea groups is 1. The number of amides is 2. The van der Waals surface area contributed by atoms with Gasteiger partial charge in [0.05, 0.1) is 11.7 Å². The highest BCUT2D eigenvalue weighted by molar-refractivity contribution is 7.07. The Bertz CT molecular complexity index is 630. The smallest absolute Gasteiger partial charge is 0.318 e. The Morgan fingerprint density at radius 3 is 3.00 bits per heavy atom. The number of hydrogen-bond donors (Lipinski definition) is 2. The Labute approximate surface area is 141 Å². The van der Waals surface area contributed by atoms with Crippen molar-refractivity contribution in [3.63, 3.8) is 0 Å². The fraction of sp³-hybridized carbons (Fsp3) is 0.529. The SMILES string of the molecule is Cc1n[nH]c(C)c1C1CCCCCN1C(=O)NCc1ccsc1. The summed E-state index contributed by atoms with van der Waals surface area (Å²) in [5.74, 6) is 0. The molecule has 0 saturated carbocycles. The number of aromatic nitrogens is 2. The van der Waals surface area contributed by atoms with Gasteiger partial charge in [0.25, 0.3) is 0 Å². The van der Waals surface area contributed by atoms with Crippen LogP contribution in [-0.2, 0) is 6.54 Å². The van der Waals surface area contributed by atoms with Crippen LogP contribution in [0.5, 0.6) is 0 Å². The molecular formula is C17H24N4OS. The zero-order valence-electron chi connectivity index (χ0n) is 13.8. The van der Waals surface area contributed by atoms with E-state index in [9.17, 15) is 4.79 Å². The fourth-order valence-electron chi connectivity index (χ4n) is 3.37. The van der Waals surface area contributed by atoms with E-state index < -0.39 is 0 Å². The first-order valence-electron chi connectivity index (χ1n) is 8.24. The highest BCUT2D eigenvalue weighted by atomic mass is 32.1. The van der Waals surface area contributed by atoms with Crippen LogP contribution < -0.4 is 5.32 Å². The van der Waals surface area contributed by atoms with Crippen molar-refractivity contribution < 1.29 is 4.79 Å². The van der Waals surface area contributed by atoms with Crippen molar-refractivity contribution in [3.05, 3.63) is 39.3 Å². The van der Waals surface area contributed by atoms with Gasteiger partial charge in [0.1, 0.15) is 0 Å². The number of thiophene rings is 1. The molecule has 1 saturated heterocycles. The van der Waals surface area contributed by atoms with E-state index >= 15 is 0 Å². The Balaban J connectivity index is 1.77. The van der Waals surface area contributed by atoms with Gasteiger partial charge in [-0.15, -0.1) is 0 Å². The van der Waals surface area contributed by atoms with Crippen LogP contribution in [-0.4, -0.2) is 27.7 Å². The molecule has 1 aliphatic rings. The van der Waals surface area contributed by atoms with Gasteiger partial charge in [-0.05, 0) is 49.1 Å². The lowest BCUT2D eigenvalue weighted by atomic mass is 9.99. The average molecular weight is 332 g/mol. The number of nitrogens with one attached hydrogen (secondary N) is 2. The standard InChI is InChI=1S/C17H24N4OS/c1-12-16(13(2)20-19-12)15-6-4-3-5-8-21(15)17(22)18-10-14-7-9-23-11-14/h7,9,11,15H,3-6,8,10H2,1-2H3,(H,18,22)(H,19,20). The minimum Gasteiger partial charge on any atom is -0.334 e. The molecule has 23 heavy (non-hydrogen) atoms. The molecule has 0 spiro atoms. The molecule has 124 valence electrons. The molecule has 0 bridgehead atoms. The van der Waals surface area contributed by atoms with Gasteiger partial charge in [0.15, 0.2) is 0 Å². The van der Waals surface area contributed by atoms with Crippen molar-refractivity contribution in [2.75, 3.05) is 6.54 Å². The van der Waals surface area contributed by atoms with Crippen LogP contribution in [0.2, 0.25) is 0 Å². The van der Waals surface area contributed by atoms with Crippen LogP contribution in [0.25, 0.3) is 0 Å². The number of likely N-dealkylation sites (tertiary alicyclic amines) is 1. The van der Waals surface area contributed by atoms with E-state index in [-0.39, 0.29) is 12.1 Å². The van der Waals surface area contributed by atoms with Crippen LogP contribution in [0.1, 0.15) is 54.2 Å². The number of aryl methyl sites for hydroxylation is 2. The van der Waals surface area contributed by atoms with Crippen LogP contribution in [0.15, 0.2) is 16.8 Å². The van der Waals surface area contributed by atoms with E-state index in [4.69, 9.17) is 0 Å². The first-order valence-corrected chi connectivity index (χ1v) is 9.18. The number of carbonyl (C=O) groups excluding carboxylic acids is 1. The van der Waals surface area contributed by atoms with Gasteiger partial charge in [-0.25, -0.2) is 4.79 Å². The van der Waals surface area contributed by atoms with Crippen molar-refractivity contribution >= 4 is 17.4 Å². The second-order valence-electron chi connectivity index (χ2n) is 6.20. The van der Waals surface area contributed by atoms with Gasteiger partial charge in [0.2, 0.25) is 0 Å². The van der Waals surface area contributed by atoms with Crippen molar-refractivity contribution in [2.24, 2.45) is 0 Å². The van der Waals surface area contributed by atoms with E-state index in [0.717, 1.165) is 42.8 Å². The van der Waals surface area contributed by atoms with Crippen LogP contribution in [0.3, 0.4) is 0 Å². The quantitative estimate of drug-likeness (QED) is 0.895. The maximum absolute atomic E-state index is 12.8. The summed E-state index contributed by atoms with van der Waals surface area (Å²) in [7, 11) is 0. The van der Waals surface area contributed by atoms with E-state index in [1.54, 1.807) is 11.3 Å². The van der Waals surface area contributed by atoms with E-state index in [2.05, 4.69) is 27.0 Å². The van der Waals surface area contributed by atoms with Crippen molar-refractivity contribution in [1.82, 2.24) is 20.4 Å². The second kappa shape index (κ2) is 7.17. The molecule has 0 aromatic carbocycles. The number of aromatic amines is 1. The summed E-state index contributed by atoms with van der Waals surface area (Å²) in [4.78, 5) is 14.8. The van der Waals surface area contributed by atoms with Gasteiger partial charge in [0, 0.05) is 24.3 Å². The van der Waals surface area contributed by atoms with Crippen molar-refractivity contribution in [2.45, 2.75) is 52.1 Å². The molecule has 2 aromatic rings. The van der Waals surface area contributed by atoms with Crippen LogP contribution in [0, 0.1) is 13.8 Å². The third-order valence-corrected chi connectivity index (χ3v) is 5.29. The Hall–Kier alpha value is -1.82. The molecule has 2 aromatic heterocycles. The topological polar surface area (TPSA) is 61.0 Å². The van der Waals surface area contributed by atoms with Crippen LogP contribution in [0.4, 0.5) is 4.79 Å². The Morgan fingerprint density at radius 2 is 2.30 bits per heavy atom. The van der Waals surface area contributed by atoms with Gasteiger partial charge in [-0.3, -0.25) is 5.10 Å². The predicted octanol–water partition coefficient (Wildman–Crippen LogP) is 3.91. The lowest BCUT2D eigenvalue weighted by molar-refractivity contribution is 0.175. The Morgan fingerprint density at radius 1 is 1.43 bits per heavy atom. The molecule has 0 radical (unpaired) electrons. The minimum atomic E-state index is 0.0306. The molecule has 6 heteroatoms. The largest absolute Gasteiger partial charge is 0.334 e. The van der Waals surface area contributed by atoms with Gasteiger partial charge >= 0.3 is 6.03 Å². The van der Waals surface area contributed by atoms with Gasteiger partial charge in [-0.2, -0.15) is 16.4 Å². The molecule has 3 rings (SSSR count). The number of nitrogens with zero attached hydrogens (tertiary/aromatic N) is 2. The van der Waals surface area contributed by atoms with Crippen molar-refractivity contribution in [3.8, 4) is 0 Å². The lowest BCUT2D eigenvalue weighted by Gasteiger charge is -2.30.